The Morgan fingerprint density at radius 2 is 1.60 bits per heavy atom. The Bertz CT molecular complexity index is 185. The molecule has 1 atom stereocenters. The van der Waals surface area contributed by atoms with Crippen molar-refractivity contribution < 1.29 is 4.79 Å². The molecule has 15 heavy (non-hydrogen) atoms. The van der Waals surface area contributed by atoms with E-state index in [0.717, 1.165) is 19.4 Å². The van der Waals surface area contributed by atoms with Crippen LogP contribution in [0.25, 0.3) is 0 Å². The van der Waals surface area contributed by atoms with Gasteiger partial charge in [-0.05, 0) is 32.6 Å². The molecular formula is C13H27NO. The van der Waals surface area contributed by atoms with E-state index in [2.05, 4.69) is 32.6 Å². The lowest BCUT2D eigenvalue weighted by Gasteiger charge is -2.35. The molecule has 0 radical (unpaired) electrons. The molecule has 2 heteroatoms. The van der Waals surface area contributed by atoms with Gasteiger partial charge in [-0.15, -0.1) is 0 Å². The average molecular weight is 213 g/mol. The van der Waals surface area contributed by atoms with Gasteiger partial charge in [-0.2, -0.15) is 0 Å². The predicted molar refractivity (Wildman–Crippen MR) is 66.1 cm³/mol. The van der Waals surface area contributed by atoms with Gasteiger partial charge in [-0.3, -0.25) is 9.69 Å². The van der Waals surface area contributed by atoms with Crippen LogP contribution in [0.4, 0.5) is 0 Å². The molecule has 0 aromatic carbocycles. The summed E-state index contributed by atoms with van der Waals surface area (Å²) in [5.74, 6) is 0.898. The molecular weight excluding hydrogens is 186 g/mol. The fourth-order valence-electron chi connectivity index (χ4n) is 2.04. The molecule has 0 saturated heterocycles. The van der Waals surface area contributed by atoms with E-state index in [9.17, 15) is 4.79 Å². The first kappa shape index (κ1) is 14.6. The Labute approximate surface area is 95.0 Å². The third-order valence-corrected chi connectivity index (χ3v) is 3.07. The van der Waals surface area contributed by atoms with Gasteiger partial charge in [0.15, 0.2) is 0 Å². The third kappa shape index (κ3) is 4.78. The number of rotatable bonds is 7. The zero-order valence-electron chi connectivity index (χ0n) is 11.2. The second-order valence-corrected chi connectivity index (χ2v) is 4.85. The number of nitrogens with zero attached hydrogens (tertiary/aromatic N) is 1. The zero-order chi connectivity index (χ0) is 12.0. The molecule has 1 unspecified atom stereocenters. The van der Waals surface area contributed by atoms with E-state index < -0.39 is 0 Å². The van der Waals surface area contributed by atoms with Gasteiger partial charge in [-0.25, -0.2) is 0 Å². The van der Waals surface area contributed by atoms with Gasteiger partial charge in [0.25, 0.3) is 0 Å². The third-order valence-electron chi connectivity index (χ3n) is 3.07. The number of hydrogen-bond donors (Lipinski definition) is 0. The first-order chi connectivity index (χ1) is 6.93. The van der Waals surface area contributed by atoms with Gasteiger partial charge in [0.1, 0.15) is 5.78 Å². The topological polar surface area (TPSA) is 20.3 Å². The Balaban J connectivity index is 4.61. The molecule has 0 aliphatic heterocycles. The molecule has 0 heterocycles. The van der Waals surface area contributed by atoms with E-state index in [1.54, 1.807) is 6.92 Å². The van der Waals surface area contributed by atoms with Crippen molar-refractivity contribution >= 4 is 5.78 Å². The summed E-state index contributed by atoms with van der Waals surface area (Å²) in [5, 5.41) is 0. The Morgan fingerprint density at radius 1 is 1.13 bits per heavy atom. The van der Waals surface area contributed by atoms with Crippen LogP contribution in [0.1, 0.15) is 54.4 Å². The summed E-state index contributed by atoms with van der Waals surface area (Å²) in [6.07, 6.45) is 2.25. The SMILES string of the molecule is CCC(CC)N(CC(C)C)C(C)C(C)=O. The lowest BCUT2D eigenvalue weighted by Crippen LogP contribution is -2.46. The normalized spacial score (nSPS) is 13.9. The van der Waals surface area contributed by atoms with Crippen molar-refractivity contribution in [3.05, 3.63) is 0 Å². The van der Waals surface area contributed by atoms with Crippen LogP contribution in [0.2, 0.25) is 0 Å². The van der Waals surface area contributed by atoms with Gasteiger partial charge in [-0.1, -0.05) is 27.7 Å². The van der Waals surface area contributed by atoms with E-state index in [1.165, 1.54) is 0 Å². The lowest BCUT2D eigenvalue weighted by molar-refractivity contribution is -0.122. The highest BCUT2D eigenvalue weighted by Crippen LogP contribution is 2.15. The molecule has 2 nitrogen and oxygen atoms in total. The summed E-state index contributed by atoms with van der Waals surface area (Å²) in [6.45, 7) is 13.6. The maximum absolute atomic E-state index is 11.5. The van der Waals surface area contributed by atoms with Gasteiger partial charge in [0.2, 0.25) is 0 Å². The minimum Gasteiger partial charge on any atom is -0.298 e. The fourth-order valence-corrected chi connectivity index (χ4v) is 2.04. The summed E-state index contributed by atoms with van der Waals surface area (Å²) in [5.41, 5.74) is 0. The zero-order valence-corrected chi connectivity index (χ0v) is 11.2. The average Bonchev–Trinajstić information content (AvgIpc) is 2.16. The van der Waals surface area contributed by atoms with Crippen LogP contribution in [-0.2, 0) is 4.79 Å². The molecule has 0 N–H and O–H groups in total. The Hall–Kier alpha value is -0.370. The van der Waals surface area contributed by atoms with Crippen molar-refractivity contribution in [3.8, 4) is 0 Å². The van der Waals surface area contributed by atoms with Crippen molar-refractivity contribution in [2.24, 2.45) is 5.92 Å². The number of hydrogen-bond acceptors (Lipinski definition) is 2. The van der Waals surface area contributed by atoms with E-state index in [0.29, 0.717) is 12.0 Å². The van der Waals surface area contributed by atoms with E-state index in [1.807, 2.05) is 6.92 Å². The smallest absolute Gasteiger partial charge is 0.146 e. The highest BCUT2D eigenvalue weighted by molar-refractivity contribution is 5.80. The molecule has 0 aromatic rings. The Morgan fingerprint density at radius 3 is 1.87 bits per heavy atom. The molecule has 0 rings (SSSR count). The maximum atomic E-state index is 11.5. The molecule has 90 valence electrons. The molecule has 0 spiro atoms. The first-order valence-corrected chi connectivity index (χ1v) is 6.20. The van der Waals surface area contributed by atoms with Gasteiger partial charge < -0.3 is 0 Å². The van der Waals surface area contributed by atoms with Crippen molar-refractivity contribution in [3.63, 3.8) is 0 Å². The second kappa shape index (κ2) is 7.00. The summed E-state index contributed by atoms with van der Waals surface area (Å²) in [7, 11) is 0. The van der Waals surface area contributed by atoms with Gasteiger partial charge in [0.05, 0.1) is 6.04 Å². The first-order valence-electron chi connectivity index (χ1n) is 6.20. The van der Waals surface area contributed by atoms with Crippen molar-refractivity contribution in [1.29, 1.82) is 0 Å². The van der Waals surface area contributed by atoms with Gasteiger partial charge >= 0.3 is 0 Å². The van der Waals surface area contributed by atoms with E-state index in [4.69, 9.17) is 0 Å². The van der Waals surface area contributed by atoms with Crippen molar-refractivity contribution in [2.45, 2.75) is 66.5 Å². The van der Waals surface area contributed by atoms with Crippen LogP contribution in [0, 0.1) is 5.92 Å². The Kier molecular flexibility index (Phi) is 6.82. The van der Waals surface area contributed by atoms with Crippen molar-refractivity contribution in [2.75, 3.05) is 6.54 Å². The monoisotopic (exact) mass is 213 g/mol. The van der Waals surface area contributed by atoms with Crippen LogP contribution in [0.15, 0.2) is 0 Å². The number of Topliss-reactive ketones (excluding diaryl/α,β-unsaturated/α-hetero) is 1. The van der Waals surface area contributed by atoms with Crippen LogP contribution >= 0.6 is 0 Å². The molecule has 0 aliphatic carbocycles. The standard InChI is InChI=1S/C13H27NO/c1-7-13(8-2)14(9-10(3)4)11(5)12(6)15/h10-11,13H,7-9H2,1-6H3. The molecule has 0 bridgehead atoms. The van der Waals surface area contributed by atoms with Crippen LogP contribution in [-0.4, -0.2) is 29.3 Å². The van der Waals surface area contributed by atoms with Crippen LogP contribution < -0.4 is 0 Å². The van der Waals surface area contributed by atoms with E-state index in [-0.39, 0.29) is 11.8 Å². The highest BCUT2D eigenvalue weighted by Gasteiger charge is 2.24. The maximum Gasteiger partial charge on any atom is 0.146 e. The van der Waals surface area contributed by atoms with Gasteiger partial charge in [0, 0.05) is 12.6 Å². The minimum absolute atomic E-state index is 0.0669. The summed E-state index contributed by atoms with van der Waals surface area (Å²) in [4.78, 5) is 13.8. The van der Waals surface area contributed by atoms with E-state index >= 15 is 0 Å². The number of ketones is 1. The minimum atomic E-state index is 0.0669. The largest absolute Gasteiger partial charge is 0.298 e. The quantitative estimate of drug-likeness (QED) is 0.647. The fraction of sp³-hybridized carbons (Fsp3) is 0.923. The number of carbonyl (C=O) groups excluding carboxylic acids is 1. The van der Waals surface area contributed by atoms with Crippen molar-refractivity contribution in [1.82, 2.24) is 4.90 Å². The molecule has 0 aliphatic rings. The second-order valence-electron chi connectivity index (χ2n) is 4.85. The predicted octanol–water partition coefficient (Wildman–Crippen LogP) is 3.11. The summed E-state index contributed by atoms with van der Waals surface area (Å²) >= 11 is 0. The van der Waals surface area contributed by atoms with Crippen LogP contribution in [0.5, 0.6) is 0 Å². The molecule has 0 fully saturated rings. The summed E-state index contributed by atoms with van der Waals surface area (Å²) < 4.78 is 0. The lowest BCUT2D eigenvalue weighted by atomic mass is 10.0. The van der Waals surface area contributed by atoms with Crippen LogP contribution in [0.3, 0.4) is 0 Å². The summed E-state index contributed by atoms with van der Waals surface area (Å²) in [6, 6.07) is 0.614. The molecule has 0 amide bonds. The molecule has 0 saturated carbocycles. The molecule has 0 aromatic heterocycles. The highest BCUT2D eigenvalue weighted by atomic mass is 16.1. The number of carbonyl (C=O) groups is 1.